The van der Waals surface area contributed by atoms with Gasteiger partial charge in [0.1, 0.15) is 0 Å². The van der Waals surface area contributed by atoms with Gasteiger partial charge in [0.15, 0.2) is 0 Å². The number of rotatable bonds is 10. The Morgan fingerprint density at radius 3 is 2.19 bits per heavy atom. The zero-order valence-electron chi connectivity index (χ0n) is 14.2. The van der Waals surface area contributed by atoms with E-state index < -0.39 is 0 Å². The molecule has 1 aromatic carbocycles. The molecule has 0 radical (unpaired) electrons. The largest absolute Gasteiger partial charge is 0.388 e. The van der Waals surface area contributed by atoms with Gasteiger partial charge in [-0.2, -0.15) is 0 Å². The molecule has 1 N–H and O–H groups in total. The molecule has 0 bridgehead atoms. The Kier molecular flexibility index (Phi) is 8.40. The molecule has 0 amide bonds. The molecule has 0 aliphatic carbocycles. The molecule has 1 atom stereocenters. The molecule has 0 aliphatic heterocycles. The van der Waals surface area contributed by atoms with Gasteiger partial charge in [-0.05, 0) is 45.5 Å². The maximum absolute atomic E-state index is 10.2. The molecular weight excluding hydrogens is 260 g/mol. The van der Waals surface area contributed by atoms with E-state index in [-0.39, 0.29) is 6.10 Å². The Morgan fingerprint density at radius 2 is 1.62 bits per heavy atom. The minimum atomic E-state index is -0.363. The highest BCUT2D eigenvalue weighted by Crippen LogP contribution is 2.28. The highest BCUT2D eigenvalue weighted by molar-refractivity contribution is 5.54. The van der Waals surface area contributed by atoms with Crippen LogP contribution in [0.25, 0.3) is 0 Å². The number of aliphatic hydroxyl groups excluding tert-OH is 1. The monoisotopic (exact) mass is 292 g/mol. The first-order valence-electron chi connectivity index (χ1n) is 8.42. The molecular formula is C18H32N2O. The predicted molar refractivity (Wildman–Crippen MR) is 92.0 cm³/mol. The van der Waals surface area contributed by atoms with E-state index in [9.17, 15) is 5.11 Å². The maximum atomic E-state index is 10.2. The second kappa shape index (κ2) is 9.80. The van der Waals surface area contributed by atoms with Gasteiger partial charge in [0.2, 0.25) is 0 Å². The standard InChI is InChI=1S/C18H32N2O/c1-5-18(21)16-12-9-10-13-17(16)20(8-4)15-11-14-19(6-2)7-3/h9-10,12-13,18,21H,5-8,11,14-15H2,1-4H3/t18-/m0/s1. The molecule has 1 rings (SSSR count). The zero-order chi connectivity index (χ0) is 15.7. The normalized spacial score (nSPS) is 12.7. The van der Waals surface area contributed by atoms with Crippen molar-refractivity contribution >= 4 is 5.69 Å². The second-order valence-corrected chi connectivity index (χ2v) is 5.44. The SMILES string of the molecule is CC[C@H](O)c1ccccc1N(CC)CCCN(CC)CC. The molecule has 21 heavy (non-hydrogen) atoms. The van der Waals surface area contributed by atoms with E-state index in [1.807, 2.05) is 13.0 Å². The van der Waals surface area contributed by atoms with Crippen LogP contribution in [-0.4, -0.2) is 42.7 Å². The van der Waals surface area contributed by atoms with E-state index >= 15 is 0 Å². The Balaban J connectivity index is 2.72. The first-order chi connectivity index (χ1) is 10.2. The topological polar surface area (TPSA) is 26.7 Å². The van der Waals surface area contributed by atoms with Crippen molar-refractivity contribution in [2.24, 2.45) is 0 Å². The fourth-order valence-electron chi connectivity index (χ4n) is 2.75. The van der Waals surface area contributed by atoms with Gasteiger partial charge in [0.25, 0.3) is 0 Å². The van der Waals surface area contributed by atoms with Crippen LogP contribution in [0.15, 0.2) is 24.3 Å². The summed E-state index contributed by atoms with van der Waals surface area (Å²) in [7, 11) is 0. The van der Waals surface area contributed by atoms with Gasteiger partial charge in [0, 0.05) is 24.3 Å². The Bertz CT molecular complexity index is 391. The number of nitrogens with zero attached hydrogens (tertiary/aromatic N) is 2. The molecule has 0 fully saturated rings. The number of hydrogen-bond acceptors (Lipinski definition) is 3. The van der Waals surface area contributed by atoms with Crippen molar-refractivity contribution in [1.82, 2.24) is 4.90 Å². The molecule has 0 spiro atoms. The molecule has 0 aromatic heterocycles. The molecule has 3 nitrogen and oxygen atoms in total. The lowest BCUT2D eigenvalue weighted by atomic mass is 10.0. The lowest BCUT2D eigenvalue weighted by Crippen LogP contribution is -2.30. The summed E-state index contributed by atoms with van der Waals surface area (Å²) in [5.74, 6) is 0. The van der Waals surface area contributed by atoms with E-state index in [0.717, 1.165) is 51.1 Å². The Morgan fingerprint density at radius 1 is 0.952 bits per heavy atom. The fraction of sp³-hybridized carbons (Fsp3) is 0.667. The Hall–Kier alpha value is -1.06. The van der Waals surface area contributed by atoms with Crippen molar-refractivity contribution < 1.29 is 5.11 Å². The summed E-state index contributed by atoms with van der Waals surface area (Å²) >= 11 is 0. The minimum absolute atomic E-state index is 0.363. The lowest BCUT2D eigenvalue weighted by molar-refractivity contribution is 0.174. The maximum Gasteiger partial charge on any atom is 0.0807 e. The summed E-state index contributed by atoms with van der Waals surface area (Å²) in [5.41, 5.74) is 2.25. The minimum Gasteiger partial charge on any atom is -0.388 e. The lowest BCUT2D eigenvalue weighted by Gasteiger charge is -2.28. The van der Waals surface area contributed by atoms with Crippen LogP contribution in [0.4, 0.5) is 5.69 Å². The van der Waals surface area contributed by atoms with Crippen LogP contribution >= 0.6 is 0 Å². The van der Waals surface area contributed by atoms with E-state index in [1.165, 1.54) is 5.69 Å². The summed E-state index contributed by atoms with van der Waals surface area (Å²) in [6.07, 6.45) is 1.55. The van der Waals surface area contributed by atoms with Crippen LogP contribution < -0.4 is 4.90 Å². The molecule has 0 heterocycles. The first kappa shape index (κ1) is 18.0. The summed E-state index contributed by atoms with van der Waals surface area (Å²) in [4.78, 5) is 4.85. The fourth-order valence-corrected chi connectivity index (χ4v) is 2.75. The van der Waals surface area contributed by atoms with Crippen LogP contribution in [0.2, 0.25) is 0 Å². The van der Waals surface area contributed by atoms with E-state index in [2.05, 4.69) is 48.8 Å². The molecule has 0 saturated heterocycles. The second-order valence-electron chi connectivity index (χ2n) is 5.44. The highest BCUT2D eigenvalue weighted by atomic mass is 16.3. The van der Waals surface area contributed by atoms with Crippen LogP contribution in [0.3, 0.4) is 0 Å². The number of para-hydroxylation sites is 1. The Labute approximate surface area is 130 Å². The summed E-state index contributed by atoms with van der Waals surface area (Å²) < 4.78 is 0. The van der Waals surface area contributed by atoms with Gasteiger partial charge < -0.3 is 14.9 Å². The summed E-state index contributed by atoms with van der Waals surface area (Å²) in [6.45, 7) is 14.0. The van der Waals surface area contributed by atoms with E-state index in [0.29, 0.717) is 0 Å². The van der Waals surface area contributed by atoms with Crippen molar-refractivity contribution in [1.29, 1.82) is 0 Å². The molecule has 1 aromatic rings. The van der Waals surface area contributed by atoms with Crippen molar-refractivity contribution in [3.8, 4) is 0 Å². The van der Waals surface area contributed by atoms with Crippen molar-refractivity contribution in [2.75, 3.05) is 37.6 Å². The summed E-state index contributed by atoms with van der Waals surface area (Å²) in [5, 5.41) is 10.2. The molecule has 0 saturated carbocycles. The zero-order valence-corrected chi connectivity index (χ0v) is 14.2. The van der Waals surface area contributed by atoms with Crippen LogP contribution in [0.1, 0.15) is 52.2 Å². The summed E-state index contributed by atoms with van der Waals surface area (Å²) in [6, 6.07) is 8.27. The smallest absolute Gasteiger partial charge is 0.0807 e. The van der Waals surface area contributed by atoms with Crippen LogP contribution in [0, 0.1) is 0 Å². The van der Waals surface area contributed by atoms with Gasteiger partial charge in [-0.3, -0.25) is 0 Å². The molecule has 0 unspecified atom stereocenters. The number of hydrogen-bond donors (Lipinski definition) is 1. The average Bonchev–Trinajstić information content (AvgIpc) is 2.54. The third-order valence-electron chi connectivity index (χ3n) is 4.20. The van der Waals surface area contributed by atoms with Gasteiger partial charge in [0.05, 0.1) is 6.10 Å². The molecule has 0 aliphatic rings. The van der Waals surface area contributed by atoms with Crippen molar-refractivity contribution in [2.45, 2.75) is 46.6 Å². The van der Waals surface area contributed by atoms with Crippen molar-refractivity contribution in [3.63, 3.8) is 0 Å². The number of aliphatic hydroxyl groups is 1. The van der Waals surface area contributed by atoms with E-state index in [4.69, 9.17) is 0 Å². The van der Waals surface area contributed by atoms with Gasteiger partial charge in [-0.1, -0.05) is 39.0 Å². The molecule has 120 valence electrons. The van der Waals surface area contributed by atoms with E-state index in [1.54, 1.807) is 0 Å². The predicted octanol–water partition coefficient (Wildman–Crippen LogP) is 3.69. The third-order valence-corrected chi connectivity index (χ3v) is 4.20. The van der Waals surface area contributed by atoms with Crippen molar-refractivity contribution in [3.05, 3.63) is 29.8 Å². The van der Waals surface area contributed by atoms with Crippen LogP contribution in [0.5, 0.6) is 0 Å². The van der Waals surface area contributed by atoms with Gasteiger partial charge >= 0.3 is 0 Å². The molecule has 3 heteroatoms. The quantitative estimate of drug-likeness (QED) is 0.712. The number of benzene rings is 1. The van der Waals surface area contributed by atoms with Crippen LogP contribution in [-0.2, 0) is 0 Å². The third kappa shape index (κ3) is 5.33. The number of anilines is 1. The van der Waals surface area contributed by atoms with Gasteiger partial charge in [-0.25, -0.2) is 0 Å². The van der Waals surface area contributed by atoms with Gasteiger partial charge in [-0.15, -0.1) is 0 Å². The average molecular weight is 292 g/mol. The first-order valence-corrected chi connectivity index (χ1v) is 8.42. The highest BCUT2D eigenvalue weighted by Gasteiger charge is 2.14.